The molecule has 7 nitrogen and oxygen atoms in total. The monoisotopic (exact) mass is 562 g/mol. The average molecular weight is 563 g/mol. The summed E-state index contributed by atoms with van der Waals surface area (Å²) >= 11 is 0. The molecule has 0 atom stereocenters. The van der Waals surface area contributed by atoms with Crippen LogP contribution in [0.4, 0.5) is 0 Å². The van der Waals surface area contributed by atoms with E-state index in [1.807, 2.05) is 6.92 Å². The number of carbonyl (C=O) groups excluding carboxylic acids is 3. The average Bonchev–Trinajstić information content (AvgIpc) is 2.89. The van der Waals surface area contributed by atoms with E-state index in [-0.39, 0.29) is 17.5 Å². The SMILES string of the molecule is C=CCc1c(OCC)c(C=CC(=O)c2ccc(OC(=O)C(C)(C)C)cc2)c(OC(=O)C(C)(C)C)c(CC=C)c1OC. The summed E-state index contributed by atoms with van der Waals surface area (Å²) in [6.07, 6.45) is 7.16. The van der Waals surface area contributed by atoms with E-state index in [2.05, 4.69) is 13.2 Å². The van der Waals surface area contributed by atoms with Crippen molar-refractivity contribution in [2.24, 2.45) is 10.8 Å². The first kappa shape index (κ1) is 33.1. The van der Waals surface area contributed by atoms with Crippen LogP contribution in [0.15, 0.2) is 55.7 Å². The lowest BCUT2D eigenvalue weighted by molar-refractivity contribution is -0.143. The van der Waals surface area contributed by atoms with Gasteiger partial charge in [-0.15, -0.1) is 13.2 Å². The molecule has 2 rings (SSSR count). The zero-order valence-electron chi connectivity index (χ0n) is 25.5. The maximum atomic E-state index is 13.2. The van der Waals surface area contributed by atoms with Crippen LogP contribution in [0, 0.1) is 10.8 Å². The van der Waals surface area contributed by atoms with E-state index in [0.717, 1.165) is 0 Å². The van der Waals surface area contributed by atoms with Gasteiger partial charge < -0.3 is 18.9 Å². The Morgan fingerprint density at radius 3 is 1.76 bits per heavy atom. The molecule has 0 bridgehead atoms. The van der Waals surface area contributed by atoms with Gasteiger partial charge in [-0.25, -0.2) is 0 Å². The van der Waals surface area contributed by atoms with Crippen molar-refractivity contribution in [2.45, 2.75) is 61.3 Å². The first-order valence-electron chi connectivity index (χ1n) is 13.6. The van der Waals surface area contributed by atoms with Crippen LogP contribution in [-0.4, -0.2) is 31.4 Å². The molecule has 0 aliphatic heterocycles. The third kappa shape index (κ3) is 8.43. The van der Waals surface area contributed by atoms with Crippen molar-refractivity contribution in [2.75, 3.05) is 13.7 Å². The molecule has 0 unspecified atom stereocenters. The standard InChI is InChI=1S/C34H42O7/c1-11-14-24-28(38-10)25(15-12-2)30(41-32(37)34(7,8)9)26(29(24)39-13-3)20-21-27(35)22-16-18-23(19-17-22)40-31(36)33(4,5)6/h11-12,16-21H,1-2,13-15H2,3-10H3. The van der Waals surface area contributed by atoms with Gasteiger partial charge in [-0.3, -0.25) is 14.4 Å². The summed E-state index contributed by atoms with van der Waals surface area (Å²) in [6, 6.07) is 6.32. The van der Waals surface area contributed by atoms with Crippen molar-refractivity contribution in [1.29, 1.82) is 0 Å². The quantitative estimate of drug-likeness (QED) is 0.0878. The molecule has 0 aliphatic carbocycles. The van der Waals surface area contributed by atoms with Crippen molar-refractivity contribution >= 4 is 23.8 Å². The summed E-state index contributed by atoms with van der Waals surface area (Å²) < 4.78 is 23.2. The topological polar surface area (TPSA) is 88.1 Å². The second kappa shape index (κ2) is 14.0. The van der Waals surface area contributed by atoms with Crippen molar-refractivity contribution in [3.63, 3.8) is 0 Å². The van der Waals surface area contributed by atoms with Gasteiger partial charge in [0, 0.05) is 16.7 Å². The van der Waals surface area contributed by atoms with E-state index in [4.69, 9.17) is 18.9 Å². The third-order valence-corrected chi connectivity index (χ3v) is 5.95. The highest BCUT2D eigenvalue weighted by Crippen LogP contribution is 2.46. The van der Waals surface area contributed by atoms with E-state index < -0.39 is 16.8 Å². The fourth-order valence-corrected chi connectivity index (χ4v) is 3.75. The molecule has 0 radical (unpaired) electrons. The number of ether oxygens (including phenoxy) is 4. The number of methoxy groups -OCH3 is 1. The molecule has 0 aromatic heterocycles. The summed E-state index contributed by atoms with van der Waals surface area (Å²) in [5, 5.41) is 0. The second-order valence-corrected chi connectivity index (χ2v) is 11.5. The first-order chi connectivity index (χ1) is 19.2. The predicted octanol–water partition coefficient (Wildman–Crippen LogP) is 7.35. The highest BCUT2D eigenvalue weighted by Gasteiger charge is 2.30. The number of ketones is 1. The van der Waals surface area contributed by atoms with Crippen LogP contribution in [0.1, 0.15) is 75.5 Å². The number of rotatable bonds is 12. The first-order valence-corrected chi connectivity index (χ1v) is 13.6. The molecule has 0 amide bonds. The minimum atomic E-state index is -0.792. The Hall–Kier alpha value is -4.13. The van der Waals surface area contributed by atoms with Crippen molar-refractivity contribution in [3.05, 3.63) is 77.9 Å². The van der Waals surface area contributed by atoms with Crippen LogP contribution >= 0.6 is 0 Å². The Morgan fingerprint density at radius 2 is 1.29 bits per heavy atom. The van der Waals surface area contributed by atoms with Gasteiger partial charge >= 0.3 is 11.9 Å². The Balaban J connectivity index is 2.68. The number of carbonyl (C=O) groups is 3. The molecule has 0 aliphatic rings. The van der Waals surface area contributed by atoms with Gasteiger partial charge in [0.1, 0.15) is 23.0 Å². The minimum absolute atomic E-state index is 0.242. The Bertz CT molecular complexity index is 1320. The molecule has 0 heterocycles. The van der Waals surface area contributed by atoms with Gasteiger partial charge in [0.05, 0.1) is 30.1 Å². The summed E-state index contributed by atoms with van der Waals surface area (Å²) in [5.74, 6) is 0.398. The lowest BCUT2D eigenvalue weighted by Gasteiger charge is -2.25. The lowest BCUT2D eigenvalue weighted by atomic mass is 9.94. The molecule has 0 saturated heterocycles. The van der Waals surface area contributed by atoms with E-state index in [9.17, 15) is 14.4 Å². The van der Waals surface area contributed by atoms with Crippen LogP contribution in [0.3, 0.4) is 0 Å². The predicted molar refractivity (Wildman–Crippen MR) is 162 cm³/mol. The van der Waals surface area contributed by atoms with Gasteiger partial charge in [0.2, 0.25) is 0 Å². The maximum Gasteiger partial charge on any atom is 0.316 e. The van der Waals surface area contributed by atoms with Crippen LogP contribution in [0.2, 0.25) is 0 Å². The Labute approximate surface area is 243 Å². The minimum Gasteiger partial charge on any atom is -0.496 e. The summed E-state index contributed by atoms with van der Waals surface area (Å²) in [7, 11) is 1.54. The van der Waals surface area contributed by atoms with Gasteiger partial charge in [-0.05, 0) is 97.7 Å². The molecule has 220 valence electrons. The number of hydrogen-bond donors (Lipinski definition) is 0. The van der Waals surface area contributed by atoms with E-state index in [1.165, 1.54) is 6.08 Å². The van der Waals surface area contributed by atoms with Crippen LogP contribution < -0.4 is 18.9 Å². The molecule has 2 aromatic rings. The number of benzene rings is 2. The van der Waals surface area contributed by atoms with Crippen molar-refractivity contribution < 1.29 is 33.3 Å². The largest absolute Gasteiger partial charge is 0.496 e. The summed E-state index contributed by atoms with van der Waals surface area (Å²) in [4.78, 5) is 38.5. The Kier molecular flexibility index (Phi) is 11.3. The number of hydrogen-bond acceptors (Lipinski definition) is 7. The van der Waals surface area contributed by atoms with E-state index >= 15 is 0 Å². The van der Waals surface area contributed by atoms with Crippen molar-refractivity contribution in [1.82, 2.24) is 0 Å². The second-order valence-electron chi connectivity index (χ2n) is 11.5. The molecular weight excluding hydrogens is 520 g/mol. The van der Waals surface area contributed by atoms with Gasteiger partial charge in [-0.2, -0.15) is 0 Å². The molecule has 0 N–H and O–H groups in total. The zero-order valence-corrected chi connectivity index (χ0v) is 25.5. The summed E-state index contributed by atoms with van der Waals surface area (Å²) in [6.45, 7) is 20.5. The third-order valence-electron chi connectivity index (χ3n) is 5.95. The Morgan fingerprint density at radius 1 is 0.780 bits per heavy atom. The molecule has 0 spiro atoms. The van der Waals surface area contributed by atoms with Crippen LogP contribution in [0.25, 0.3) is 6.08 Å². The van der Waals surface area contributed by atoms with Gasteiger partial charge in [-0.1, -0.05) is 12.2 Å². The highest BCUT2D eigenvalue weighted by atomic mass is 16.5. The fraction of sp³-hybridized carbons (Fsp3) is 0.382. The van der Waals surface area contributed by atoms with E-state index in [1.54, 1.807) is 91.1 Å². The number of allylic oxidation sites excluding steroid dienone is 3. The fourth-order valence-electron chi connectivity index (χ4n) is 3.75. The normalized spacial score (nSPS) is 11.6. The van der Waals surface area contributed by atoms with Gasteiger partial charge in [0.15, 0.2) is 5.78 Å². The van der Waals surface area contributed by atoms with Gasteiger partial charge in [0.25, 0.3) is 0 Å². The number of esters is 2. The maximum absolute atomic E-state index is 13.2. The molecule has 41 heavy (non-hydrogen) atoms. The molecule has 2 aromatic carbocycles. The van der Waals surface area contributed by atoms with Crippen molar-refractivity contribution in [3.8, 4) is 23.0 Å². The molecular formula is C34H42O7. The van der Waals surface area contributed by atoms with Crippen LogP contribution in [-0.2, 0) is 22.4 Å². The molecule has 7 heteroatoms. The lowest BCUT2D eigenvalue weighted by Crippen LogP contribution is -2.26. The molecule has 0 saturated carbocycles. The smallest absolute Gasteiger partial charge is 0.316 e. The van der Waals surface area contributed by atoms with E-state index in [0.29, 0.717) is 59.0 Å². The summed E-state index contributed by atoms with van der Waals surface area (Å²) in [5.41, 5.74) is 0.694. The highest BCUT2D eigenvalue weighted by molar-refractivity contribution is 6.07. The zero-order chi connectivity index (χ0) is 31.0. The van der Waals surface area contributed by atoms with Crippen LogP contribution in [0.5, 0.6) is 23.0 Å². The molecule has 0 fully saturated rings.